The lowest BCUT2D eigenvalue weighted by molar-refractivity contribution is 0.0679. The molecule has 20 heavy (non-hydrogen) atoms. The Balaban J connectivity index is 2.28. The van der Waals surface area contributed by atoms with E-state index in [1.54, 1.807) is 26.4 Å². The monoisotopic (exact) mass is 341 g/mol. The van der Waals surface area contributed by atoms with Gasteiger partial charge in [0.05, 0.1) is 14.2 Å². The van der Waals surface area contributed by atoms with Crippen LogP contribution in [0.15, 0.2) is 18.2 Å². The van der Waals surface area contributed by atoms with Gasteiger partial charge in [-0.3, -0.25) is 4.79 Å². The van der Waals surface area contributed by atoms with Crippen LogP contribution in [-0.4, -0.2) is 43.4 Å². The molecule has 0 N–H and O–H groups in total. The minimum atomic E-state index is -0.00931. The number of piperidine rings is 1. The lowest BCUT2D eigenvalue weighted by Gasteiger charge is -2.32. The summed E-state index contributed by atoms with van der Waals surface area (Å²) in [6, 6.07) is 5.41. The van der Waals surface area contributed by atoms with E-state index >= 15 is 0 Å². The fraction of sp³-hybridized carbons (Fsp3) is 0.533. The molecule has 110 valence electrons. The molecule has 0 saturated carbocycles. The molecule has 1 aliphatic rings. The largest absolute Gasteiger partial charge is 0.496 e. The summed E-state index contributed by atoms with van der Waals surface area (Å²) in [5, 5.41) is 0.930. The molecule has 0 aromatic heterocycles. The van der Waals surface area contributed by atoms with Gasteiger partial charge in [-0.05, 0) is 30.9 Å². The topological polar surface area (TPSA) is 38.8 Å². The molecule has 0 bridgehead atoms. The van der Waals surface area contributed by atoms with Crippen molar-refractivity contribution in [3.63, 3.8) is 0 Å². The van der Waals surface area contributed by atoms with E-state index in [1.165, 1.54) is 0 Å². The molecule has 1 fully saturated rings. The molecule has 1 saturated heterocycles. The van der Waals surface area contributed by atoms with E-state index < -0.39 is 0 Å². The van der Waals surface area contributed by atoms with E-state index in [-0.39, 0.29) is 5.91 Å². The molecule has 1 aromatic carbocycles. The first kappa shape index (κ1) is 15.2. The van der Waals surface area contributed by atoms with Crippen LogP contribution in [0.1, 0.15) is 23.2 Å². The maximum atomic E-state index is 12.8. The highest BCUT2D eigenvalue weighted by Crippen LogP contribution is 2.31. The third-order valence-electron chi connectivity index (χ3n) is 3.67. The van der Waals surface area contributed by atoms with Crippen molar-refractivity contribution in [1.82, 2.24) is 4.90 Å². The van der Waals surface area contributed by atoms with Crippen molar-refractivity contribution in [1.29, 1.82) is 0 Å². The van der Waals surface area contributed by atoms with Gasteiger partial charge >= 0.3 is 0 Å². The average Bonchev–Trinajstić information content (AvgIpc) is 2.53. The Kier molecular flexibility index (Phi) is 5.29. The van der Waals surface area contributed by atoms with Crippen LogP contribution in [0.25, 0.3) is 0 Å². The second-order valence-corrected chi connectivity index (χ2v) is 5.60. The number of amides is 1. The Morgan fingerprint density at radius 3 is 2.55 bits per heavy atom. The molecule has 0 radical (unpaired) electrons. The second-order valence-electron chi connectivity index (χ2n) is 4.95. The van der Waals surface area contributed by atoms with Crippen LogP contribution in [0.3, 0.4) is 0 Å². The van der Waals surface area contributed by atoms with Gasteiger partial charge in [-0.25, -0.2) is 0 Å². The van der Waals surface area contributed by atoms with Crippen LogP contribution in [-0.2, 0) is 0 Å². The van der Waals surface area contributed by atoms with Gasteiger partial charge in [-0.15, -0.1) is 0 Å². The molecule has 1 heterocycles. The average molecular weight is 342 g/mol. The summed E-state index contributed by atoms with van der Waals surface area (Å²) in [6.45, 7) is 1.58. The zero-order chi connectivity index (χ0) is 14.5. The van der Waals surface area contributed by atoms with E-state index in [9.17, 15) is 4.79 Å². The number of hydrogen-bond acceptors (Lipinski definition) is 3. The standard InChI is InChI=1S/C15H20BrNO3/c1-19-12-6-3-7-13(20-2)14(12)15(18)17-8-4-5-11(9-16)10-17/h3,6-7,11H,4-5,8-10H2,1-2H3. The molecule has 4 nitrogen and oxygen atoms in total. The number of carbonyl (C=O) groups excluding carboxylic acids is 1. The van der Waals surface area contributed by atoms with Crippen LogP contribution < -0.4 is 9.47 Å². The zero-order valence-corrected chi connectivity index (χ0v) is 13.5. The zero-order valence-electron chi connectivity index (χ0n) is 11.9. The molecular formula is C15H20BrNO3. The van der Waals surface area contributed by atoms with E-state index in [4.69, 9.17) is 9.47 Å². The van der Waals surface area contributed by atoms with Crippen LogP contribution in [0.2, 0.25) is 0 Å². The third-order valence-corrected chi connectivity index (χ3v) is 4.58. The maximum absolute atomic E-state index is 12.8. The minimum absolute atomic E-state index is 0.00931. The summed E-state index contributed by atoms with van der Waals surface area (Å²) in [7, 11) is 3.14. The van der Waals surface area contributed by atoms with Crippen molar-refractivity contribution in [2.45, 2.75) is 12.8 Å². The number of rotatable bonds is 4. The van der Waals surface area contributed by atoms with Crippen molar-refractivity contribution < 1.29 is 14.3 Å². The summed E-state index contributed by atoms with van der Waals surface area (Å²) in [4.78, 5) is 14.7. The predicted octanol–water partition coefficient (Wildman–Crippen LogP) is 2.95. The first-order chi connectivity index (χ1) is 9.71. The number of hydrogen-bond donors (Lipinski definition) is 0. The van der Waals surface area contributed by atoms with Crippen molar-refractivity contribution in [2.24, 2.45) is 5.92 Å². The van der Waals surface area contributed by atoms with Crippen LogP contribution in [0, 0.1) is 5.92 Å². The Morgan fingerprint density at radius 1 is 1.35 bits per heavy atom. The van der Waals surface area contributed by atoms with Gasteiger partial charge in [0.1, 0.15) is 17.1 Å². The lowest BCUT2D eigenvalue weighted by atomic mass is 9.99. The molecule has 2 rings (SSSR count). The van der Waals surface area contributed by atoms with E-state index in [2.05, 4.69) is 15.9 Å². The molecule has 1 aliphatic heterocycles. The third kappa shape index (κ3) is 3.08. The van der Waals surface area contributed by atoms with E-state index in [0.29, 0.717) is 23.0 Å². The number of carbonyl (C=O) groups is 1. The number of ether oxygens (including phenoxy) is 2. The molecule has 1 aromatic rings. The van der Waals surface area contributed by atoms with Crippen LogP contribution in [0.4, 0.5) is 0 Å². The highest BCUT2D eigenvalue weighted by Gasteiger charge is 2.28. The first-order valence-corrected chi connectivity index (χ1v) is 7.89. The number of halogens is 1. The summed E-state index contributed by atoms with van der Waals surface area (Å²) < 4.78 is 10.6. The maximum Gasteiger partial charge on any atom is 0.261 e. The fourth-order valence-corrected chi connectivity index (χ4v) is 3.12. The second kappa shape index (κ2) is 6.97. The smallest absolute Gasteiger partial charge is 0.261 e. The van der Waals surface area contributed by atoms with Crippen molar-refractivity contribution >= 4 is 21.8 Å². The minimum Gasteiger partial charge on any atom is -0.496 e. The summed E-state index contributed by atoms with van der Waals surface area (Å²) in [5.41, 5.74) is 0.521. The number of likely N-dealkylation sites (tertiary alicyclic amines) is 1. The van der Waals surface area contributed by atoms with Gasteiger partial charge < -0.3 is 14.4 Å². The lowest BCUT2D eigenvalue weighted by Crippen LogP contribution is -2.40. The molecule has 5 heteroatoms. The fourth-order valence-electron chi connectivity index (χ4n) is 2.60. The normalized spacial score (nSPS) is 18.8. The van der Waals surface area contributed by atoms with Crippen molar-refractivity contribution in [3.8, 4) is 11.5 Å². The number of benzene rings is 1. The van der Waals surface area contributed by atoms with Gasteiger partial charge in [-0.2, -0.15) is 0 Å². The van der Waals surface area contributed by atoms with Crippen molar-refractivity contribution in [3.05, 3.63) is 23.8 Å². The SMILES string of the molecule is COc1cccc(OC)c1C(=O)N1CCCC(CBr)C1. The Bertz CT molecular complexity index is 456. The quantitative estimate of drug-likeness (QED) is 0.790. The summed E-state index contributed by atoms with van der Waals surface area (Å²) in [5.74, 6) is 1.64. The predicted molar refractivity (Wildman–Crippen MR) is 82.0 cm³/mol. The molecule has 1 atom stereocenters. The molecular weight excluding hydrogens is 322 g/mol. The van der Waals surface area contributed by atoms with Crippen LogP contribution in [0.5, 0.6) is 11.5 Å². The van der Waals surface area contributed by atoms with Gasteiger partial charge in [0.15, 0.2) is 0 Å². The molecule has 1 unspecified atom stereocenters. The van der Waals surface area contributed by atoms with Gasteiger partial charge in [0, 0.05) is 18.4 Å². The number of methoxy groups -OCH3 is 2. The Labute approximate surface area is 128 Å². The summed E-state index contributed by atoms with van der Waals surface area (Å²) >= 11 is 3.51. The molecule has 0 aliphatic carbocycles. The molecule has 1 amide bonds. The van der Waals surface area contributed by atoms with Gasteiger partial charge in [0.2, 0.25) is 0 Å². The Hall–Kier alpha value is -1.23. The summed E-state index contributed by atoms with van der Waals surface area (Å²) in [6.07, 6.45) is 2.21. The van der Waals surface area contributed by atoms with E-state index in [0.717, 1.165) is 31.3 Å². The number of nitrogens with zero attached hydrogens (tertiary/aromatic N) is 1. The molecule has 0 spiro atoms. The van der Waals surface area contributed by atoms with Gasteiger partial charge in [0.25, 0.3) is 5.91 Å². The Morgan fingerprint density at radius 2 is 2.00 bits per heavy atom. The van der Waals surface area contributed by atoms with Crippen molar-refractivity contribution in [2.75, 3.05) is 32.6 Å². The first-order valence-electron chi connectivity index (χ1n) is 6.77. The highest BCUT2D eigenvalue weighted by atomic mass is 79.9. The number of alkyl halides is 1. The van der Waals surface area contributed by atoms with Crippen LogP contribution >= 0.6 is 15.9 Å². The van der Waals surface area contributed by atoms with E-state index in [1.807, 2.05) is 11.0 Å². The highest BCUT2D eigenvalue weighted by molar-refractivity contribution is 9.09. The van der Waals surface area contributed by atoms with Gasteiger partial charge in [-0.1, -0.05) is 22.0 Å².